The highest BCUT2D eigenvalue weighted by Crippen LogP contribution is 2.18. The maximum Gasteiger partial charge on any atom is 0.0480 e. The zero-order chi connectivity index (χ0) is 13.8. The molecule has 2 nitrogen and oxygen atoms in total. The first kappa shape index (κ1) is 12.9. The molecule has 3 rings (SSSR count). The highest BCUT2D eigenvalue weighted by atomic mass is 14.9. The number of benzene rings is 2. The standard InChI is InChI=1S/C18H20N2/c19-14-16-8-9-18-17(13-16)10-12-20(18)11-4-7-15-5-2-1-3-6-15/h1-3,5-6,8-10,12-13H,4,7,11,14,19H2. The second kappa shape index (κ2) is 5.93. The number of rotatable bonds is 5. The first-order valence-corrected chi connectivity index (χ1v) is 7.18. The van der Waals surface area contributed by atoms with E-state index in [4.69, 9.17) is 5.73 Å². The molecule has 0 saturated heterocycles. The third-order valence-corrected chi connectivity index (χ3v) is 3.78. The topological polar surface area (TPSA) is 30.9 Å². The molecule has 1 aromatic heterocycles. The number of nitrogens with zero attached hydrogens (tertiary/aromatic N) is 1. The fourth-order valence-electron chi connectivity index (χ4n) is 2.67. The molecule has 0 aliphatic carbocycles. The summed E-state index contributed by atoms with van der Waals surface area (Å²) in [5.41, 5.74) is 9.59. The zero-order valence-electron chi connectivity index (χ0n) is 11.6. The Hall–Kier alpha value is -2.06. The first-order valence-electron chi connectivity index (χ1n) is 7.18. The quantitative estimate of drug-likeness (QED) is 0.748. The van der Waals surface area contributed by atoms with Crippen LogP contribution in [0.1, 0.15) is 17.5 Å². The minimum atomic E-state index is 0.606. The maximum absolute atomic E-state index is 5.69. The van der Waals surface area contributed by atoms with E-state index in [1.807, 2.05) is 0 Å². The van der Waals surface area contributed by atoms with Crippen molar-refractivity contribution in [2.24, 2.45) is 5.73 Å². The van der Waals surface area contributed by atoms with Crippen LogP contribution in [0.25, 0.3) is 10.9 Å². The predicted molar refractivity (Wildman–Crippen MR) is 84.6 cm³/mol. The van der Waals surface area contributed by atoms with Gasteiger partial charge in [-0.2, -0.15) is 0 Å². The highest BCUT2D eigenvalue weighted by molar-refractivity contribution is 5.80. The molecule has 2 heteroatoms. The van der Waals surface area contributed by atoms with Crippen molar-refractivity contribution in [3.63, 3.8) is 0 Å². The molecule has 0 aliphatic rings. The first-order chi connectivity index (χ1) is 9.86. The Balaban J connectivity index is 1.69. The van der Waals surface area contributed by atoms with Crippen molar-refractivity contribution in [1.82, 2.24) is 4.57 Å². The average molecular weight is 264 g/mol. The van der Waals surface area contributed by atoms with E-state index in [9.17, 15) is 0 Å². The smallest absolute Gasteiger partial charge is 0.0480 e. The minimum Gasteiger partial charge on any atom is -0.347 e. The summed E-state index contributed by atoms with van der Waals surface area (Å²) >= 11 is 0. The van der Waals surface area contributed by atoms with E-state index < -0.39 is 0 Å². The lowest BCUT2D eigenvalue weighted by Gasteiger charge is -2.06. The summed E-state index contributed by atoms with van der Waals surface area (Å²) in [6, 6.07) is 19.3. The average Bonchev–Trinajstić information content (AvgIpc) is 2.91. The SMILES string of the molecule is NCc1ccc2c(ccn2CCCc2ccccc2)c1. The Kier molecular flexibility index (Phi) is 3.84. The zero-order valence-corrected chi connectivity index (χ0v) is 11.6. The van der Waals surface area contributed by atoms with Gasteiger partial charge in [0.05, 0.1) is 0 Å². The molecule has 0 bridgehead atoms. The summed E-state index contributed by atoms with van der Waals surface area (Å²) in [4.78, 5) is 0. The molecule has 0 fully saturated rings. The normalized spacial score (nSPS) is 11.1. The van der Waals surface area contributed by atoms with Crippen LogP contribution in [-0.2, 0) is 19.5 Å². The third-order valence-electron chi connectivity index (χ3n) is 3.78. The van der Waals surface area contributed by atoms with Gasteiger partial charge in [0.25, 0.3) is 0 Å². The van der Waals surface area contributed by atoms with E-state index in [2.05, 4.69) is 65.4 Å². The van der Waals surface area contributed by atoms with Crippen LogP contribution in [0.4, 0.5) is 0 Å². The van der Waals surface area contributed by atoms with Gasteiger partial charge in [-0.15, -0.1) is 0 Å². The van der Waals surface area contributed by atoms with Crippen LogP contribution >= 0.6 is 0 Å². The fourth-order valence-corrected chi connectivity index (χ4v) is 2.67. The molecule has 0 aliphatic heterocycles. The molecule has 0 atom stereocenters. The fraction of sp³-hybridized carbons (Fsp3) is 0.222. The van der Waals surface area contributed by atoms with Gasteiger partial charge in [0.2, 0.25) is 0 Å². The van der Waals surface area contributed by atoms with Crippen LogP contribution in [0.15, 0.2) is 60.8 Å². The van der Waals surface area contributed by atoms with Crippen molar-refractivity contribution in [1.29, 1.82) is 0 Å². The van der Waals surface area contributed by atoms with E-state index in [1.54, 1.807) is 0 Å². The molecule has 3 aromatic rings. The number of fused-ring (bicyclic) bond motifs is 1. The molecule has 2 aromatic carbocycles. The molecule has 0 unspecified atom stereocenters. The molecular weight excluding hydrogens is 244 g/mol. The summed E-state index contributed by atoms with van der Waals surface area (Å²) in [5, 5.41) is 1.28. The van der Waals surface area contributed by atoms with Gasteiger partial charge in [0.1, 0.15) is 0 Å². The van der Waals surface area contributed by atoms with Gasteiger partial charge in [0, 0.05) is 24.8 Å². The number of hydrogen-bond acceptors (Lipinski definition) is 1. The Bertz CT molecular complexity index is 683. The van der Waals surface area contributed by atoms with Crippen LogP contribution in [0.5, 0.6) is 0 Å². The lowest BCUT2D eigenvalue weighted by molar-refractivity contribution is 0.662. The van der Waals surface area contributed by atoms with E-state index in [0.717, 1.165) is 19.4 Å². The van der Waals surface area contributed by atoms with Gasteiger partial charge in [-0.05, 0) is 47.6 Å². The van der Waals surface area contributed by atoms with Gasteiger partial charge in [0.15, 0.2) is 0 Å². The van der Waals surface area contributed by atoms with Crippen molar-refractivity contribution >= 4 is 10.9 Å². The van der Waals surface area contributed by atoms with Crippen molar-refractivity contribution in [2.45, 2.75) is 25.9 Å². The summed E-state index contributed by atoms with van der Waals surface area (Å²) in [6.07, 6.45) is 4.46. The largest absolute Gasteiger partial charge is 0.347 e. The summed E-state index contributed by atoms with van der Waals surface area (Å²) in [5.74, 6) is 0. The van der Waals surface area contributed by atoms with Gasteiger partial charge >= 0.3 is 0 Å². The highest BCUT2D eigenvalue weighted by Gasteiger charge is 2.02. The monoisotopic (exact) mass is 264 g/mol. The second-order valence-corrected chi connectivity index (χ2v) is 5.20. The minimum absolute atomic E-state index is 0.606. The van der Waals surface area contributed by atoms with E-state index >= 15 is 0 Å². The van der Waals surface area contributed by atoms with Crippen molar-refractivity contribution in [3.05, 3.63) is 71.9 Å². The number of aryl methyl sites for hydroxylation is 2. The molecule has 20 heavy (non-hydrogen) atoms. The van der Waals surface area contributed by atoms with Crippen LogP contribution in [0.2, 0.25) is 0 Å². The lowest BCUT2D eigenvalue weighted by Crippen LogP contribution is -1.99. The molecule has 0 amide bonds. The van der Waals surface area contributed by atoms with Crippen molar-refractivity contribution < 1.29 is 0 Å². The summed E-state index contributed by atoms with van der Waals surface area (Å²) < 4.78 is 2.33. The predicted octanol–water partition coefficient (Wildman–Crippen LogP) is 3.73. The molecule has 0 spiro atoms. The van der Waals surface area contributed by atoms with Crippen LogP contribution in [-0.4, -0.2) is 4.57 Å². The Morgan fingerprint density at radius 2 is 1.75 bits per heavy atom. The molecule has 0 saturated carbocycles. The van der Waals surface area contributed by atoms with Crippen LogP contribution in [0.3, 0.4) is 0 Å². The van der Waals surface area contributed by atoms with E-state index in [1.165, 1.54) is 22.0 Å². The third kappa shape index (κ3) is 2.75. The number of nitrogens with two attached hydrogens (primary N) is 1. The van der Waals surface area contributed by atoms with Gasteiger partial charge in [-0.3, -0.25) is 0 Å². The second-order valence-electron chi connectivity index (χ2n) is 5.20. The lowest BCUT2D eigenvalue weighted by atomic mass is 10.1. The molecule has 1 heterocycles. The molecule has 0 radical (unpaired) electrons. The van der Waals surface area contributed by atoms with Crippen molar-refractivity contribution in [2.75, 3.05) is 0 Å². The Labute approximate surface area is 119 Å². The summed E-state index contributed by atoms with van der Waals surface area (Å²) in [7, 11) is 0. The summed E-state index contributed by atoms with van der Waals surface area (Å²) in [6.45, 7) is 1.66. The van der Waals surface area contributed by atoms with Gasteiger partial charge in [-0.1, -0.05) is 36.4 Å². The maximum atomic E-state index is 5.69. The van der Waals surface area contributed by atoms with Gasteiger partial charge in [-0.25, -0.2) is 0 Å². The van der Waals surface area contributed by atoms with Gasteiger partial charge < -0.3 is 10.3 Å². The van der Waals surface area contributed by atoms with Crippen LogP contribution < -0.4 is 5.73 Å². The number of hydrogen-bond donors (Lipinski definition) is 1. The molecule has 102 valence electrons. The number of aromatic nitrogens is 1. The Morgan fingerprint density at radius 3 is 2.55 bits per heavy atom. The molecule has 2 N–H and O–H groups in total. The molecular formula is C18H20N2. The van der Waals surface area contributed by atoms with Crippen LogP contribution in [0, 0.1) is 0 Å². The Morgan fingerprint density at radius 1 is 0.900 bits per heavy atom. The van der Waals surface area contributed by atoms with Crippen molar-refractivity contribution in [3.8, 4) is 0 Å². The van der Waals surface area contributed by atoms with E-state index in [0.29, 0.717) is 6.54 Å². The van der Waals surface area contributed by atoms with E-state index in [-0.39, 0.29) is 0 Å².